The van der Waals surface area contributed by atoms with Crippen molar-refractivity contribution in [2.75, 3.05) is 19.8 Å². The van der Waals surface area contributed by atoms with Gasteiger partial charge in [-0.2, -0.15) is 18.3 Å². The highest BCUT2D eigenvalue weighted by Crippen LogP contribution is 2.31. The monoisotopic (exact) mass is 492 g/mol. The molecule has 0 aliphatic carbocycles. The summed E-state index contributed by atoms with van der Waals surface area (Å²) in [6, 6.07) is 6.58. The summed E-state index contributed by atoms with van der Waals surface area (Å²) in [5.41, 5.74) is 0.210. The van der Waals surface area contributed by atoms with Crippen molar-refractivity contribution in [2.45, 2.75) is 32.5 Å². The molecule has 1 aliphatic rings. The second kappa shape index (κ2) is 10.1. The van der Waals surface area contributed by atoms with Crippen molar-refractivity contribution >= 4 is 17.2 Å². The molecule has 0 radical (unpaired) electrons. The van der Waals surface area contributed by atoms with Crippen LogP contribution in [0.3, 0.4) is 0 Å². The van der Waals surface area contributed by atoms with E-state index in [2.05, 4.69) is 20.5 Å². The van der Waals surface area contributed by atoms with Crippen LogP contribution >= 0.6 is 11.3 Å². The molecule has 0 spiro atoms. The van der Waals surface area contributed by atoms with Crippen molar-refractivity contribution in [3.8, 4) is 16.3 Å². The zero-order chi connectivity index (χ0) is 24.3. The van der Waals surface area contributed by atoms with Gasteiger partial charge in [-0.05, 0) is 50.6 Å². The van der Waals surface area contributed by atoms with Crippen LogP contribution < -0.4 is 10.1 Å². The lowest BCUT2D eigenvalue weighted by Crippen LogP contribution is -2.27. The van der Waals surface area contributed by atoms with Crippen LogP contribution in [0.25, 0.3) is 10.6 Å². The topological polar surface area (TPSA) is 86.2 Å². The normalized spacial score (nSPS) is 16.9. The number of hydrogen-bond acceptors (Lipinski definition) is 7. The number of benzene rings is 1. The average Bonchev–Trinajstić information content (AvgIpc) is 3.49. The molecule has 3 heterocycles. The first-order valence-electron chi connectivity index (χ1n) is 10.7. The molecule has 1 saturated heterocycles. The van der Waals surface area contributed by atoms with Gasteiger partial charge in [-0.15, -0.1) is 16.4 Å². The molecule has 0 saturated carbocycles. The Hall–Kier alpha value is -3.05. The summed E-state index contributed by atoms with van der Waals surface area (Å²) < 4.78 is 49.6. The molecule has 34 heavy (non-hydrogen) atoms. The highest BCUT2D eigenvalue weighted by atomic mass is 32.1. The smallest absolute Gasteiger partial charge is 0.435 e. The van der Waals surface area contributed by atoms with Crippen LogP contribution in [0.15, 0.2) is 36.5 Å². The highest BCUT2D eigenvalue weighted by molar-refractivity contribution is 7.14. The van der Waals surface area contributed by atoms with E-state index in [9.17, 15) is 18.0 Å². The average molecular weight is 493 g/mol. The number of aryl methyl sites for hydroxylation is 1. The predicted octanol–water partition coefficient (Wildman–Crippen LogP) is 4.83. The van der Waals surface area contributed by atoms with Crippen LogP contribution in [0.2, 0.25) is 0 Å². The fourth-order valence-electron chi connectivity index (χ4n) is 3.43. The molecule has 3 aromatic rings. The molecule has 4 rings (SSSR count). The first-order valence-corrected chi connectivity index (χ1v) is 11.5. The summed E-state index contributed by atoms with van der Waals surface area (Å²) in [6.45, 7) is 5.40. The van der Waals surface area contributed by atoms with Gasteiger partial charge in [-0.3, -0.25) is 4.79 Å². The third kappa shape index (κ3) is 5.89. The number of carbonyl (C=O) groups excluding carboxylic acids is 1. The summed E-state index contributed by atoms with van der Waals surface area (Å²) in [6.07, 6.45) is -1.90. The summed E-state index contributed by atoms with van der Waals surface area (Å²) in [5.74, 6) is 0.407. The second-order valence-electron chi connectivity index (χ2n) is 8.10. The van der Waals surface area contributed by atoms with E-state index in [1.807, 2.05) is 13.0 Å². The molecule has 1 N–H and O–H groups in total. The van der Waals surface area contributed by atoms with E-state index in [0.717, 1.165) is 27.9 Å². The zero-order valence-electron chi connectivity index (χ0n) is 18.6. The molecule has 1 amide bonds. The van der Waals surface area contributed by atoms with Gasteiger partial charge >= 0.3 is 6.18 Å². The fourth-order valence-corrected chi connectivity index (χ4v) is 4.18. The van der Waals surface area contributed by atoms with E-state index >= 15 is 0 Å². The number of carbonyl (C=O) groups is 1. The molecule has 1 aromatic carbocycles. The van der Waals surface area contributed by atoms with Gasteiger partial charge in [0.1, 0.15) is 10.8 Å². The largest absolute Gasteiger partial charge is 0.493 e. The molecule has 2 atom stereocenters. The van der Waals surface area contributed by atoms with Crippen LogP contribution in [-0.4, -0.2) is 40.9 Å². The standard InChI is InChI=1S/C23H23F3N4O3S/c1-13-10-27-22(34-13)17-7-16(8-18(9-17)33-12-15-5-6-32-11-15)21(31)28-14(2)19-3-4-20(30-29-19)23(24,25)26/h3-4,7-10,14-15H,5-6,11-12H2,1-2H3,(H,28,31)/t14-,15-/m1/s1. The number of thiazole rings is 1. The molecular formula is C23H23F3N4O3S. The minimum Gasteiger partial charge on any atom is -0.493 e. The summed E-state index contributed by atoms with van der Waals surface area (Å²) in [7, 11) is 0. The molecular weight excluding hydrogens is 469 g/mol. The van der Waals surface area contributed by atoms with Crippen molar-refractivity contribution in [3.63, 3.8) is 0 Å². The van der Waals surface area contributed by atoms with E-state index in [-0.39, 0.29) is 5.69 Å². The van der Waals surface area contributed by atoms with E-state index < -0.39 is 23.8 Å². The molecule has 11 heteroatoms. The van der Waals surface area contributed by atoms with Crippen molar-refractivity contribution in [1.29, 1.82) is 0 Å². The Balaban J connectivity index is 1.53. The van der Waals surface area contributed by atoms with Crippen LogP contribution in [0.1, 0.15) is 46.0 Å². The van der Waals surface area contributed by atoms with Crippen molar-refractivity contribution < 1.29 is 27.4 Å². The lowest BCUT2D eigenvalue weighted by molar-refractivity contribution is -0.141. The zero-order valence-corrected chi connectivity index (χ0v) is 19.4. The van der Waals surface area contributed by atoms with Crippen LogP contribution in [-0.2, 0) is 10.9 Å². The van der Waals surface area contributed by atoms with Gasteiger partial charge in [0.2, 0.25) is 0 Å². The Bertz CT molecular complexity index is 1150. The fraction of sp³-hybridized carbons (Fsp3) is 0.391. The lowest BCUT2D eigenvalue weighted by Gasteiger charge is -2.16. The minimum absolute atomic E-state index is 0.214. The van der Waals surface area contributed by atoms with Crippen molar-refractivity contribution in [2.24, 2.45) is 5.92 Å². The Morgan fingerprint density at radius 1 is 1.29 bits per heavy atom. The van der Waals surface area contributed by atoms with Crippen LogP contribution in [0.5, 0.6) is 5.75 Å². The molecule has 0 bridgehead atoms. The minimum atomic E-state index is -4.58. The lowest BCUT2D eigenvalue weighted by atomic mass is 10.1. The SMILES string of the molecule is Cc1cnc(-c2cc(OC[C@@H]3CCOC3)cc(C(=O)N[C@H](C)c3ccc(C(F)(F)F)nn3)c2)s1. The first kappa shape index (κ1) is 24.1. The molecule has 1 aliphatic heterocycles. The molecule has 180 valence electrons. The van der Waals surface area contributed by atoms with Gasteiger partial charge < -0.3 is 14.8 Å². The Labute approximate surface area is 198 Å². The Morgan fingerprint density at radius 2 is 2.12 bits per heavy atom. The van der Waals surface area contributed by atoms with E-state index in [1.165, 1.54) is 17.4 Å². The third-order valence-corrected chi connectivity index (χ3v) is 6.28. The summed E-state index contributed by atoms with van der Waals surface area (Å²) in [4.78, 5) is 18.5. The van der Waals surface area contributed by atoms with E-state index in [0.29, 0.717) is 37.1 Å². The number of nitrogens with one attached hydrogen (secondary N) is 1. The van der Waals surface area contributed by atoms with Crippen molar-refractivity contribution in [1.82, 2.24) is 20.5 Å². The Morgan fingerprint density at radius 3 is 2.74 bits per heavy atom. The van der Waals surface area contributed by atoms with Crippen LogP contribution in [0, 0.1) is 12.8 Å². The van der Waals surface area contributed by atoms with Gasteiger partial charge in [0.25, 0.3) is 5.91 Å². The number of aromatic nitrogens is 3. The van der Waals surface area contributed by atoms with Gasteiger partial charge in [0, 0.05) is 34.7 Å². The van der Waals surface area contributed by atoms with Gasteiger partial charge in [-0.25, -0.2) is 4.98 Å². The van der Waals surface area contributed by atoms with Gasteiger partial charge in [0.15, 0.2) is 5.69 Å². The predicted molar refractivity (Wildman–Crippen MR) is 120 cm³/mol. The third-order valence-electron chi connectivity index (χ3n) is 5.31. The maximum absolute atomic E-state index is 13.0. The number of nitrogens with zero attached hydrogens (tertiary/aromatic N) is 3. The van der Waals surface area contributed by atoms with E-state index in [1.54, 1.807) is 25.3 Å². The first-order chi connectivity index (χ1) is 16.2. The quantitative estimate of drug-likeness (QED) is 0.508. The molecule has 2 aromatic heterocycles. The number of hydrogen-bond donors (Lipinski definition) is 1. The van der Waals surface area contributed by atoms with Crippen molar-refractivity contribution in [3.05, 3.63) is 58.4 Å². The second-order valence-corrected chi connectivity index (χ2v) is 9.33. The van der Waals surface area contributed by atoms with E-state index in [4.69, 9.17) is 9.47 Å². The van der Waals surface area contributed by atoms with Gasteiger partial charge in [-0.1, -0.05) is 0 Å². The number of alkyl halides is 3. The Kier molecular flexibility index (Phi) is 7.13. The molecule has 0 unspecified atom stereocenters. The number of halogens is 3. The number of rotatable bonds is 7. The number of amides is 1. The summed E-state index contributed by atoms with van der Waals surface area (Å²) >= 11 is 1.50. The maximum atomic E-state index is 13.0. The molecule has 7 nitrogen and oxygen atoms in total. The summed E-state index contributed by atoms with van der Waals surface area (Å²) in [5, 5.41) is 10.4. The molecule has 1 fully saturated rings. The highest BCUT2D eigenvalue weighted by Gasteiger charge is 2.33. The van der Waals surface area contributed by atoms with Gasteiger partial charge in [0.05, 0.1) is 24.9 Å². The van der Waals surface area contributed by atoms with Crippen LogP contribution in [0.4, 0.5) is 13.2 Å². The number of ether oxygens (including phenoxy) is 2. The maximum Gasteiger partial charge on any atom is 0.435 e.